The highest BCUT2D eigenvalue weighted by molar-refractivity contribution is 7.89. The van der Waals surface area contributed by atoms with Gasteiger partial charge in [-0.3, -0.25) is 4.98 Å². The SMILES string of the molecule is CC(NC(=S)Nc1cccc(S(=O)(=O)N(C)C)c1)c1ccccn1. The highest BCUT2D eigenvalue weighted by Gasteiger charge is 2.17. The van der Waals surface area contributed by atoms with Crippen LogP contribution in [0.5, 0.6) is 0 Å². The molecule has 0 radical (unpaired) electrons. The van der Waals surface area contributed by atoms with Crippen LogP contribution in [0.4, 0.5) is 5.69 Å². The summed E-state index contributed by atoms with van der Waals surface area (Å²) in [7, 11) is -0.489. The lowest BCUT2D eigenvalue weighted by Gasteiger charge is -2.17. The fraction of sp³-hybridized carbons (Fsp3) is 0.250. The molecular formula is C16H20N4O2S2. The largest absolute Gasteiger partial charge is 0.354 e. The maximum Gasteiger partial charge on any atom is 0.242 e. The van der Waals surface area contributed by atoms with Gasteiger partial charge in [-0.25, -0.2) is 12.7 Å². The summed E-state index contributed by atoms with van der Waals surface area (Å²) in [6.45, 7) is 1.95. The Hall–Kier alpha value is -2.03. The second-order valence-electron chi connectivity index (χ2n) is 5.39. The van der Waals surface area contributed by atoms with Crippen molar-refractivity contribution < 1.29 is 8.42 Å². The Labute approximate surface area is 148 Å². The Morgan fingerprint density at radius 1 is 1.21 bits per heavy atom. The third-order valence-electron chi connectivity index (χ3n) is 3.35. The standard InChI is InChI=1S/C16H20N4O2S2/c1-12(15-9-4-5-10-17-15)18-16(23)19-13-7-6-8-14(11-13)24(21,22)20(2)3/h4-12H,1-3H3,(H2,18,19,23). The van der Waals surface area contributed by atoms with Gasteiger partial charge in [-0.15, -0.1) is 0 Å². The molecule has 1 aromatic carbocycles. The molecule has 0 saturated carbocycles. The van der Waals surface area contributed by atoms with Gasteiger partial charge in [0.25, 0.3) is 0 Å². The summed E-state index contributed by atoms with van der Waals surface area (Å²) in [5, 5.41) is 6.52. The van der Waals surface area contributed by atoms with Gasteiger partial charge in [-0.2, -0.15) is 0 Å². The second kappa shape index (κ2) is 7.69. The van der Waals surface area contributed by atoms with E-state index in [-0.39, 0.29) is 10.9 Å². The van der Waals surface area contributed by atoms with Crippen LogP contribution in [-0.4, -0.2) is 36.9 Å². The molecule has 0 fully saturated rings. The number of benzene rings is 1. The quantitative estimate of drug-likeness (QED) is 0.794. The number of aromatic nitrogens is 1. The van der Waals surface area contributed by atoms with Gasteiger partial charge in [-0.1, -0.05) is 12.1 Å². The van der Waals surface area contributed by atoms with Crippen molar-refractivity contribution in [2.75, 3.05) is 19.4 Å². The van der Waals surface area contributed by atoms with Crippen molar-refractivity contribution in [3.8, 4) is 0 Å². The molecule has 2 N–H and O–H groups in total. The lowest BCUT2D eigenvalue weighted by molar-refractivity contribution is 0.521. The predicted octanol–water partition coefficient (Wildman–Crippen LogP) is 2.38. The Balaban J connectivity index is 2.07. The van der Waals surface area contributed by atoms with Crippen molar-refractivity contribution in [2.24, 2.45) is 0 Å². The number of rotatable bonds is 5. The molecule has 1 heterocycles. The summed E-state index contributed by atoms with van der Waals surface area (Å²) in [5.74, 6) is 0. The Morgan fingerprint density at radius 2 is 1.96 bits per heavy atom. The number of sulfonamides is 1. The third-order valence-corrected chi connectivity index (χ3v) is 5.38. The summed E-state index contributed by atoms with van der Waals surface area (Å²) in [6, 6.07) is 12.1. The van der Waals surface area contributed by atoms with Gasteiger partial charge >= 0.3 is 0 Å². The van der Waals surface area contributed by atoms with Crippen molar-refractivity contribution >= 4 is 33.0 Å². The summed E-state index contributed by atoms with van der Waals surface area (Å²) >= 11 is 5.29. The maximum atomic E-state index is 12.2. The molecule has 0 aliphatic rings. The first kappa shape index (κ1) is 18.3. The summed E-state index contributed by atoms with van der Waals surface area (Å²) in [6.07, 6.45) is 1.72. The van der Waals surface area contributed by atoms with Gasteiger partial charge in [0.05, 0.1) is 16.6 Å². The van der Waals surface area contributed by atoms with Crippen molar-refractivity contribution in [2.45, 2.75) is 17.9 Å². The van der Waals surface area contributed by atoms with Gasteiger partial charge in [0, 0.05) is 26.0 Å². The van der Waals surface area contributed by atoms with Crippen molar-refractivity contribution in [3.63, 3.8) is 0 Å². The zero-order valence-corrected chi connectivity index (χ0v) is 15.4. The Morgan fingerprint density at radius 3 is 2.58 bits per heavy atom. The smallest absolute Gasteiger partial charge is 0.242 e. The number of pyridine rings is 1. The number of nitrogens with one attached hydrogen (secondary N) is 2. The summed E-state index contributed by atoms with van der Waals surface area (Å²) in [4.78, 5) is 4.48. The van der Waals surface area contributed by atoms with E-state index >= 15 is 0 Å². The Kier molecular flexibility index (Phi) is 5.87. The highest BCUT2D eigenvalue weighted by atomic mass is 32.2. The van der Waals surface area contributed by atoms with Gasteiger partial charge < -0.3 is 10.6 Å². The zero-order valence-electron chi connectivity index (χ0n) is 13.7. The van der Waals surface area contributed by atoms with Crippen LogP contribution in [0.2, 0.25) is 0 Å². The molecule has 8 heteroatoms. The van der Waals surface area contributed by atoms with Crippen molar-refractivity contribution in [1.82, 2.24) is 14.6 Å². The van der Waals surface area contributed by atoms with Gasteiger partial charge in [0.1, 0.15) is 0 Å². The van der Waals surface area contributed by atoms with Crippen LogP contribution in [0.3, 0.4) is 0 Å². The van der Waals surface area contributed by atoms with E-state index in [0.29, 0.717) is 10.8 Å². The first-order chi connectivity index (χ1) is 11.3. The molecule has 0 aliphatic heterocycles. The lowest BCUT2D eigenvalue weighted by Crippen LogP contribution is -2.31. The van der Waals surface area contributed by atoms with Gasteiger partial charge in [-0.05, 0) is 49.5 Å². The van der Waals surface area contributed by atoms with Crippen LogP contribution in [0.15, 0.2) is 53.6 Å². The average molecular weight is 364 g/mol. The first-order valence-corrected chi connectivity index (χ1v) is 9.16. The van der Waals surface area contributed by atoms with Gasteiger partial charge in [0.15, 0.2) is 5.11 Å². The fourth-order valence-electron chi connectivity index (χ4n) is 2.01. The van der Waals surface area contributed by atoms with E-state index in [1.807, 2.05) is 25.1 Å². The van der Waals surface area contributed by atoms with Crippen molar-refractivity contribution in [3.05, 3.63) is 54.4 Å². The summed E-state index contributed by atoms with van der Waals surface area (Å²) < 4.78 is 25.5. The maximum absolute atomic E-state index is 12.2. The molecule has 1 unspecified atom stereocenters. The number of nitrogens with zero attached hydrogens (tertiary/aromatic N) is 2. The number of hydrogen-bond acceptors (Lipinski definition) is 4. The van der Waals surface area contributed by atoms with E-state index in [4.69, 9.17) is 12.2 Å². The van der Waals surface area contributed by atoms with Crippen molar-refractivity contribution in [1.29, 1.82) is 0 Å². The minimum Gasteiger partial charge on any atom is -0.354 e. The third kappa shape index (κ3) is 4.50. The van der Waals surface area contributed by atoms with Crippen LogP contribution in [0.1, 0.15) is 18.7 Å². The van der Waals surface area contributed by atoms with Crippen LogP contribution in [0.25, 0.3) is 0 Å². The van der Waals surface area contributed by atoms with Crippen LogP contribution >= 0.6 is 12.2 Å². The molecule has 0 amide bonds. The molecule has 24 heavy (non-hydrogen) atoms. The number of hydrogen-bond donors (Lipinski definition) is 2. The highest BCUT2D eigenvalue weighted by Crippen LogP contribution is 2.18. The summed E-state index contributed by atoms with van der Waals surface area (Å²) in [5.41, 5.74) is 1.47. The van der Waals surface area contributed by atoms with E-state index in [9.17, 15) is 8.42 Å². The molecule has 0 saturated heterocycles. The minimum absolute atomic E-state index is 0.0695. The van der Waals surface area contributed by atoms with Crippen LogP contribution in [0, 0.1) is 0 Å². The first-order valence-electron chi connectivity index (χ1n) is 7.32. The van der Waals surface area contributed by atoms with Crippen LogP contribution < -0.4 is 10.6 Å². The molecular weight excluding hydrogens is 344 g/mol. The van der Waals surface area contributed by atoms with E-state index in [2.05, 4.69) is 15.6 Å². The lowest BCUT2D eigenvalue weighted by atomic mass is 10.2. The molecule has 1 atom stereocenters. The zero-order chi connectivity index (χ0) is 17.7. The topological polar surface area (TPSA) is 74.3 Å². The molecule has 0 spiro atoms. The minimum atomic E-state index is -3.48. The van der Waals surface area contributed by atoms with E-state index in [1.54, 1.807) is 30.5 Å². The molecule has 1 aromatic heterocycles. The Bertz CT molecular complexity index is 808. The normalized spacial score (nSPS) is 12.7. The molecule has 6 nitrogen and oxygen atoms in total. The fourth-order valence-corrected chi connectivity index (χ4v) is 3.26. The van der Waals surface area contributed by atoms with Gasteiger partial charge in [0.2, 0.25) is 10.0 Å². The monoisotopic (exact) mass is 364 g/mol. The molecule has 0 bridgehead atoms. The van der Waals surface area contributed by atoms with E-state index in [0.717, 1.165) is 5.69 Å². The number of anilines is 1. The molecule has 2 rings (SSSR count). The van der Waals surface area contributed by atoms with Crippen LogP contribution in [-0.2, 0) is 10.0 Å². The predicted molar refractivity (Wildman–Crippen MR) is 99.3 cm³/mol. The van der Waals surface area contributed by atoms with E-state index in [1.165, 1.54) is 18.4 Å². The molecule has 128 valence electrons. The second-order valence-corrected chi connectivity index (χ2v) is 7.95. The van der Waals surface area contributed by atoms with E-state index < -0.39 is 10.0 Å². The average Bonchev–Trinajstić information content (AvgIpc) is 2.55. The molecule has 0 aliphatic carbocycles. The number of thiocarbonyl (C=S) groups is 1. The molecule has 2 aromatic rings.